The molecule has 9 heteroatoms. The normalized spacial score (nSPS) is 10.8. The average molecular weight is 399 g/mol. The lowest BCUT2D eigenvalue weighted by atomic mass is 10.1. The van der Waals surface area contributed by atoms with Crippen molar-refractivity contribution in [2.45, 2.75) is 19.8 Å². The first-order chi connectivity index (χ1) is 11.5. The van der Waals surface area contributed by atoms with Crippen LogP contribution >= 0.6 is 46.1 Å². The molecule has 0 atom stereocenters. The van der Waals surface area contributed by atoms with Gasteiger partial charge >= 0.3 is 0 Å². The molecule has 0 fully saturated rings. The molecule has 3 rings (SSSR count). The highest BCUT2D eigenvalue weighted by Crippen LogP contribution is 2.25. The number of rotatable bonds is 5. The Labute approximate surface area is 156 Å². The van der Waals surface area contributed by atoms with Gasteiger partial charge in [0.25, 0.3) is 5.91 Å². The maximum absolute atomic E-state index is 12.3. The number of nitrogens with one attached hydrogen (secondary N) is 1. The zero-order valence-electron chi connectivity index (χ0n) is 12.5. The second-order valence-corrected chi connectivity index (χ2v) is 7.68. The molecule has 1 aromatic carbocycles. The summed E-state index contributed by atoms with van der Waals surface area (Å²) in [7, 11) is 0. The lowest BCUT2D eigenvalue weighted by Crippen LogP contribution is -2.11. The van der Waals surface area contributed by atoms with Crippen LogP contribution in [0.15, 0.2) is 24.4 Å². The van der Waals surface area contributed by atoms with Crippen LogP contribution in [-0.4, -0.2) is 20.5 Å². The van der Waals surface area contributed by atoms with Gasteiger partial charge in [-0.1, -0.05) is 34.6 Å². The van der Waals surface area contributed by atoms with E-state index in [0.29, 0.717) is 38.6 Å². The van der Waals surface area contributed by atoms with E-state index >= 15 is 0 Å². The van der Waals surface area contributed by atoms with Crippen molar-refractivity contribution >= 4 is 57.1 Å². The largest absolute Gasteiger partial charge is 0.297 e. The van der Waals surface area contributed by atoms with E-state index in [9.17, 15) is 4.79 Å². The lowest BCUT2D eigenvalue weighted by molar-refractivity contribution is 0.102. The van der Waals surface area contributed by atoms with E-state index in [1.165, 1.54) is 11.3 Å². The Morgan fingerprint density at radius 2 is 2.00 bits per heavy atom. The van der Waals surface area contributed by atoms with Crippen LogP contribution < -0.4 is 5.32 Å². The Balaban J connectivity index is 1.70. The van der Waals surface area contributed by atoms with E-state index in [1.54, 1.807) is 12.3 Å². The van der Waals surface area contributed by atoms with Gasteiger partial charge in [-0.15, -0.1) is 16.4 Å². The van der Waals surface area contributed by atoms with Gasteiger partial charge in [-0.2, -0.15) is 0 Å². The standard InChI is InChI=1S/C15H12Cl2N4OS2/c1-2-12-13(24-21-20-12)14(22)19-15-18-7-11(23-15)5-8-3-9(16)6-10(17)4-8/h3-4,6-7H,2,5H2,1H3,(H,18,19,22). The Kier molecular flexibility index (Phi) is 5.45. The van der Waals surface area contributed by atoms with Crippen LogP contribution in [0, 0.1) is 0 Å². The fourth-order valence-corrected chi connectivity index (χ4v) is 4.19. The predicted molar refractivity (Wildman–Crippen MR) is 98.6 cm³/mol. The number of carbonyl (C=O) groups excluding carboxylic acids is 1. The van der Waals surface area contributed by atoms with Gasteiger partial charge in [0.2, 0.25) is 0 Å². The topological polar surface area (TPSA) is 67.8 Å². The molecule has 2 aromatic heterocycles. The van der Waals surface area contributed by atoms with E-state index in [0.717, 1.165) is 22.0 Å². The summed E-state index contributed by atoms with van der Waals surface area (Å²) in [6, 6.07) is 5.42. The van der Waals surface area contributed by atoms with Gasteiger partial charge in [0.15, 0.2) is 5.13 Å². The molecule has 1 N–H and O–H groups in total. The highest BCUT2D eigenvalue weighted by molar-refractivity contribution is 7.16. The van der Waals surface area contributed by atoms with Crippen molar-refractivity contribution in [1.29, 1.82) is 0 Å². The molecule has 0 spiro atoms. The third-order valence-electron chi connectivity index (χ3n) is 3.17. The second-order valence-electron chi connectivity index (χ2n) is 4.94. The van der Waals surface area contributed by atoms with Crippen LogP contribution in [-0.2, 0) is 12.8 Å². The molecule has 1 amide bonds. The molecule has 0 radical (unpaired) electrons. The summed E-state index contributed by atoms with van der Waals surface area (Å²) in [5, 5.41) is 8.47. The first kappa shape index (κ1) is 17.3. The van der Waals surface area contributed by atoms with E-state index in [4.69, 9.17) is 23.2 Å². The highest BCUT2D eigenvalue weighted by atomic mass is 35.5. The summed E-state index contributed by atoms with van der Waals surface area (Å²) >= 11 is 14.5. The van der Waals surface area contributed by atoms with Crippen LogP contribution in [0.4, 0.5) is 5.13 Å². The molecule has 0 aliphatic carbocycles. The number of aryl methyl sites for hydroxylation is 1. The number of thiazole rings is 1. The monoisotopic (exact) mass is 398 g/mol. The van der Waals surface area contributed by atoms with Gasteiger partial charge in [0, 0.05) is 27.5 Å². The van der Waals surface area contributed by atoms with Gasteiger partial charge in [0.1, 0.15) is 4.88 Å². The summed E-state index contributed by atoms with van der Waals surface area (Å²) < 4.78 is 3.82. The number of nitrogens with zero attached hydrogens (tertiary/aromatic N) is 3. The summed E-state index contributed by atoms with van der Waals surface area (Å²) in [5.41, 5.74) is 1.69. The molecule has 3 aromatic rings. The van der Waals surface area contributed by atoms with Crippen LogP contribution in [0.2, 0.25) is 10.0 Å². The third-order valence-corrected chi connectivity index (χ3v) is 5.29. The number of carbonyl (C=O) groups is 1. The van der Waals surface area contributed by atoms with Gasteiger partial charge in [-0.3, -0.25) is 10.1 Å². The van der Waals surface area contributed by atoms with Crippen molar-refractivity contribution in [2.24, 2.45) is 0 Å². The van der Waals surface area contributed by atoms with Crippen molar-refractivity contribution in [2.75, 3.05) is 5.32 Å². The van der Waals surface area contributed by atoms with Crippen LogP contribution in [0.3, 0.4) is 0 Å². The summed E-state index contributed by atoms with van der Waals surface area (Å²) in [4.78, 5) is 18.0. The smallest absolute Gasteiger partial charge is 0.271 e. The summed E-state index contributed by atoms with van der Waals surface area (Å²) in [6.45, 7) is 1.94. The van der Waals surface area contributed by atoms with Gasteiger partial charge in [-0.25, -0.2) is 4.98 Å². The van der Waals surface area contributed by atoms with Crippen molar-refractivity contribution in [1.82, 2.24) is 14.6 Å². The minimum atomic E-state index is -0.228. The maximum Gasteiger partial charge on any atom is 0.271 e. The van der Waals surface area contributed by atoms with Crippen LogP contribution in [0.1, 0.15) is 32.7 Å². The molecule has 24 heavy (non-hydrogen) atoms. The minimum Gasteiger partial charge on any atom is -0.297 e. The number of anilines is 1. The Hall–Kier alpha value is -1.54. The molecule has 0 bridgehead atoms. The van der Waals surface area contributed by atoms with E-state index in [1.807, 2.05) is 19.1 Å². The number of benzene rings is 1. The minimum absolute atomic E-state index is 0.228. The number of hydrogen-bond donors (Lipinski definition) is 1. The molecule has 124 valence electrons. The number of halogens is 2. The quantitative estimate of drug-likeness (QED) is 0.675. The Morgan fingerprint density at radius 1 is 1.25 bits per heavy atom. The molecule has 0 unspecified atom stereocenters. The fourth-order valence-electron chi connectivity index (χ4n) is 2.13. The van der Waals surface area contributed by atoms with E-state index in [-0.39, 0.29) is 5.91 Å². The van der Waals surface area contributed by atoms with E-state index in [2.05, 4.69) is 19.9 Å². The van der Waals surface area contributed by atoms with Crippen molar-refractivity contribution in [3.05, 3.63) is 55.5 Å². The number of hydrogen-bond acceptors (Lipinski definition) is 6. The second kappa shape index (κ2) is 7.57. The molecule has 0 aliphatic heterocycles. The first-order valence-corrected chi connectivity index (χ1v) is 9.42. The zero-order chi connectivity index (χ0) is 17.1. The third kappa shape index (κ3) is 4.10. The molecule has 0 saturated heterocycles. The molecular formula is C15H12Cl2N4OS2. The van der Waals surface area contributed by atoms with Gasteiger partial charge in [-0.05, 0) is 41.7 Å². The molecule has 0 saturated carbocycles. The molecule has 5 nitrogen and oxygen atoms in total. The SMILES string of the molecule is CCc1nnsc1C(=O)Nc1ncc(Cc2cc(Cl)cc(Cl)c2)s1. The van der Waals surface area contributed by atoms with Crippen LogP contribution in [0.5, 0.6) is 0 Å². The van der Waals surface area contributed by atoms with Crippen LogP contribution in [0.25, 0.3) is 0 Å². The van der Waals surface area contributed by atoms with Crippen molar-refractivity contribution in [3.63, 3.8) is 0 Å². The van der Waals surface area contributed by atoms with Gasteiger partial charge < -0.3 is 0 Å². The Morgan fingerprint density at radius 3 is 2.71 bits per heavy atom. The first-order valence-electron chi connectivity index (χ1n) is 7.07. The number of aromatic nitrogens is 3. The maximum atomic E-state index is 12.3. The lowest BCUT2D eigenvalue weighted by Gasteiger charge is -2.01. The molecule has 0 aliphatic rings. The zero-order valence-corrected chi connectivity index (χ0v) is 15.7. The van der Waals surface area contributed by atoms with Crippen molar-refractivity contribution < 1.29 is 4.79 Å². The average Bonchev–Trinajstić information content (AvgIpc) is 3.15. The Bertz CT molecular complexity index is 858. The highest BCUT2D eigenvalue weighted by Gasteiger charge is 2.16. The summed E-state index contributed by atoms with van der Waals surface area (Å²) in [6.07, 6.45) is 3.05. The summed E-state index contributed by atoms with van der Waals surface area (Å²) in [5.74, 6) is -0.228. The van der Waals surface area contributed by atoms with E-state index < -0.39 is 0 Å². The van der Waals surface area contributed by atoms with Crippen molar-refractivity contribution in [3.8, 4) is 0 Å². The number of amides is 1. The molecule has 2 heterocycles. The predicted octanol–water partition coefficient (Wildman–Crippen LogP) is 4.71. The molecular weight excluding hydrogens is 387 g/mol. The fraction of sp³-hybridized carbons (Fsp3) is 0.200. The van der Waals surface area contributed by atoms with Gasteiger partial charge in [0.05, 0.1) is 5.69 Å².